The molecule has 0 aliphatic carbocycles. The Morgan fingerprint density at radius 2 is 2.06 bits per heavy atom. The van der Waals surface area contributed by atoms with Crippen molar-refractivity contribution in [3.8, 4) is 0 Å². The molecule has 0 aliphatic heterocycles. The van der Waals surface area contributed by atoms with Crippen LogP contribution in [0.2, 0.25) is 5.02 Å². The third-order valence-electron chi connectivity index (χ3n) is 3.10. The lowest BCUT2D eigenvalue weighted by atomic mass is 10.1. The highest BCUT2D eigenvalue weighted by Crippen LogP contribution is 2.19. The maximum Gasteiger partial charge on any atom is 0.0740 e. The number of benzene rings is 1. The summed E-state index contributed by atoms with van der Waals surface area (Å²) in [5.41, 5.74) is 7.61. The molecule has 0 aliphatic rings. The minimum absolute atomic E-state index is 0.289. The van der Waals surface area contributed by atoms with Gasteiger partial charge in [0.05, 0.1) is 12.7 Å². The van der Waals surface area contributed by atoms with Crippen molar-refractivity contribution < 1.29 is 4.74 Å². The van der Waals surface area contributed by atoms with E-state index in [0.29, 0.717) is 17.3 Å². The minimum Gasteiger partial charge on any atom is -0.398 e. The molecule has 0 radical (unpaired) electrons. The smallest absolute Gasteiger partial charge is 0.0740 e. The average Bonchev–Trinajstić information content (AvgIpc) is 2.33. The van der Waals surface area contributed by atoms with Gasteiger partial charge in [0, 0.05) is 16.3 Å². The molecule has 1 atom stereocenters. The fourth-order valence-corrected chi connectivity index (χ4v) is 2.05. The van der Waals surface area contributed by atoms with Crippen molar-refractivity contribution in [3.05, 3.63) is 28.8 Å². The fourth-order valence-electron chi connectivity index (χ4n) is 1.87. The Balaban J connectivity index is 2.27. The van der Waals surface area contributed by atoms with Crippen LogP contribution in [0.4, 0.5) is 5.69 Å². The largest absolute Gasteiger partial charge is 0.398 e. The fraction of sp³-hybridized carbons (Fsp3) is 0.600. The van der Waals surface area contributed by atoms with Gasteiger partial charge in [-0.2, -0.15) is 0 Å². The number of nitrogens with two attached hydrogens (primary N) is 1. The van der Waals surface area contributed by atoms with Crippen LogP contribution in [0.5, 0.6) is 0 Å². The van der Waals surface area contributed by atoms with Crippen molar-refractivity contribution in [1.29, 1.82) is 0 Å². The van der Waals surface area contributed by atoms with E-state index in [1.165, 1.54) is 25.7 Å². The third-order valence-corrected chi connectivity index (χ3v) is 3.33. The summed E-state index contributed by atoms with van der Waals surface area (Å²) >= 11 is 5.86. The molecule has 1 rings (SSSR count). The first-order chi connectivity index (χ1) is 8.63. The lowest BCUT2D eigenvalue weighted by Gasteiger charge is -2.14. The summed E-state index contributed by atoms with van der Waals surface area (Å²) in [7, 11) is 0. The molecular weight excluding hydrogens is 246 g/mol. The highest BCUT2D eigenvalue weighted by atomic mass is 35.5. The molecule has 1 aromatic carbocycles. The van der Waals surface area contributed by atoms with Crippen molar-refractivity contribution in [2.75, 3.05) is 5.73 Å². The van der Waals surface area contributed by atoms with E-state index in [0.717, 1.165) is 12.0 Å². The molecule has 0 aromatic heterocycles. The number of hydrogen-bond acceptors (Lipinski definition) is 2. The van der Waals surface area contributed by atoms with Gasteiger partial charge in [-0.3, -0.25) is 0 Å². The van der Waals surface area contributed by atoms with Crippen molar-refractivity contribution in [1.82, 2.24) is 0 Å². The molecule has 0 saturated carbocycles. The number of hydrogen-bond donors (Lipinski definition) is 1. The SMILES string of the molecule is CCCCCCC(C)OCc1ccc(Cl)cc1N. The summed E-state index contributed by atoms with van der Waals surface area (Å²) in [6, 6.07) is 5.55. The Hall–Kier alpha value is -0.730. The maximum absolute atomic E-state index is 5.88. The molecule has 1 unspecified atom stereocenters. The third kappa shape index (κ3) is 5.74. The number of halogens is 1. The lowest BCUT2D eigenvalue weighted by molar-refractivity contribution is 0.0462. The van der Waals surface area contributed by atoms with Crippen LogP contribution >= 0.6 is 11.6 Å². The minimum atomic E-state index is 0.289. The highest BCUT2D eigenvalue weighted by Gasteiger charge is 2.05. The predicted octanol–water partition coefficient (Wildman–Crippen LogP) is 4.80. The summed E-state index contributed by atoms with van der Waals surface area (Å²) in [4.78, 5) is 0. The first kappa shape index (κ1) is 15.3. The molecule has 3 heteroatoms. The van der Waals surface area contributed by atoms with Gasteiger partial charge in [0.1, 0.15) is 0 Å². The standard InChI is InChI=1S/C15H24ClNO/c1-3-4-5-6-7-12(2)18-11-13-8-9-14(16)10-15(13)17/h8-10,12H,3-7,11,17H2,1-2H3. The van der Waals surface area contributed by atoms with Crippen LogP contribution in [0.1, 0.15) is 51.5 Å². The summed E-state index contributed by atoms with van der Waals surface area (Å²) < 4.78 is 5.81. The van der Waals surface area contributed by atoms with Crippen molar-refractivity contribution >= 4 is 17.3 Å². The van der Waals surface area contributed by atoms with E-state index in [1.54, 1.807) is 6.07 Å². The number of anilines is 1. The Bertz CT molecular complexity index is 354. The normalized spacial score (nSPS) is 12.6. The highest BCUT2D eigenvalue weighted by molar-refractivity contribution is 6.30. The molecule has 2 nitrogen and oxygen atoms in total. The van der Waals surface area contributed by atoms with Gasteiger partial charge in [-0.05, 0) is 25.5 Å². The first-order valence-corrected chi connectivity index (χ1v) is 7.16. The van der Waals surface area contributed by atoms with E-state index in [9.17, 15) is 0 Å². The van der Waals surface area contributed by atoms with Crippen LogP contribution in [0.15, 0.2) is 18.2 Å². The van der Waals surface area contributed by atoms with Crippen LogP contribution in [0.3, 0.4) is 0 Å². The zero-order chi connectivity index (χ0) is 13.4. The molecule has 0 saturated heterocycles. The summed E-state index contributed by atoms with van der Waals surface area (Å²) in [5.74, 6) is 0. The van der Waals surface area contributed by atoms with E-state index in [4.69, 9.17) is 22.1 Å². The van der Waals surface area contributed by atoms with Gasteiger partial charge in [-0.25, -0.2) is 0 Å². The van der Waals surface area contributed by atoms with Crippen LogP contribution in [-0.4, -0.2) is 6.10 Å². The zero-order valence-corrected chi connectivity index (χ0v) is 12.2. The molecule has 102 valence electrons. The Morgan fingerprint density at radius 1 is 1.28 bits per heavy atom. The van der Waals surface area contributed by atoms with E-state index < -0.39 is 0 Å². The monoisotopic (exact) mass is 269 g/mol. The van der Waals surface area contributed by atoms with Crippen molar-refractivity contribution in [2.45, 2.75) is 58.7 Å². The second-order valence-electron chi connectivity index (χ2n) is 4.81. The van der Waals surface area contributed by atoms with E-state index in [2.05, 4.69) is 13.8 Å². The molecular formula is C15H24ClNO. The van der Waals surface area contributed by atoms with Crippen LogP contribution in [-0.2, 0) is 11.3 Å². The second kappa shape index (κ2) is 8.39. The van der Waals surface area contributed by atoms with E-state index in [-0.39, 0.29) is 6.10 Å². The molecule has 0 amide bonds. The van der Waals surface area contributed by atoms with Crippen molar-refractivity contribution in [3.63, 3.8) is 0 Å². The van der Waals surface area contributed by atoms with Gasteiger partial charge < -0.3 is 10.5 Å². The van der Waals surface area contributed by atoms with Crippen molar-refractivity contribution in [2.24, 2.45) is 0 Å². The first-order valence-electron chi connectivity index (χ1n) is 6.79. The maximum atomic E-state index is 5.88. The van der Waals surface area contributed by atoms with E-state index >= 15 is 0 Å². The zero-order valence-electron chi connectivity index (χ0n) is 11.4. The molecule has 2 N–H and O–H groups in total. The molecule has 18 heavy (non-hydrogen) atoms. The molecule has 0 spiro atoms. The molecule has 0 fully saturated rings. The van der Waals surface area contributed by atoms with E-state index in [1.807, 2.05) is 12.1 Å². The van der Waals surface area contributed by atoms with Crippen LogP contribution in [0, 0.1) is 0 Å². The molecule has 0 bridgehead atoms. The number of nitrogen functional groups attached to an aromatic ring is 1. The van der Waals surface area contributed by atoms with Gasteiger partial charge in [-0.1, -0.05) is 50.3 Å². The van der Waals surface area contributed by atoms with Gasteiger partial charge in [0.25, 0.3) is 0 Å². The van der Waals surface area contributed by atoms with Crippen LogP contribution < -0.4 is 5.73 Å². The molecule has 1 aromatic rings. The van der Waals surface area contributed by atoms with Gasteiger partial charge in [0.15, 0.2) is 0 Å². The number of unbranched alkanes of at least 4 members (excludes halogenated alkanes) is 3. The van der Waals surface area contributed by atoms with Crippen LogP contribution in [0.25, 0.3) is 0 Å². The number of rotatable bonds is 8. The lowest BCUT2D eigenvalue weighted by Crippen LogP contribution is -2.09. The summed E-state index contributed by atoms with van der Waals surface area (Å²) in [5, 5.41) is 0.670. The molecule has 0 heterocycles. The Labute approximate surface area is 115 Å². The summed E-state index contributed by atoms with van der Waals surface area (Å²) in [6.07, 6.45) is 6.54. The predicted molar refractivity (Wildman–Crippen MR) is 78.9 cm³/mol. The van der Waals surface area contributed by atoms with Gasteiger partial charge in [0.2, 0.25) is 0 Å². The Kier molecular flexibility index (Phi) is 7.14. The quantitative estimate of drug-likeness (QED) is 0.544. The second-order valence-corrected chi connectivity index (χ2v) is 5.25. The summed E-state index contributed by atoms with van der Waals surface area (Å²) in [6.45, 7) is 4.92. The average molecular weight is 270 g/mol. The number of ether oxygens (including phenoxy) is 1. The Morgan fingerprint density at radius 3 is 2.72 bits per heavy atom. The van der Waals surface area contributed by atoms with Gasteiger partial charge >= 0.3 is 0 Å². The topological polar surface area (TPSA) is 35.2 Å². The van der Waals surface area contributed by atoms with Gasteiger partial charge in [-0.15, -0.1) is 0 Å².